The SMILES string of the molecule is Cc1cc(-c2cnc(NCC(=O)O)nc2)ccc1F. The molecule has 1 aromatic carbocycles. The van der Waals surface area contributed by atoms with Crippen molar-refractivity contribution in [2.75, 3.05) is 11.9 Å². The zero-order valence-electron chi connectivity index (χ0n) is 10.2. The molecule has 1 aromatic heterocycles. The first kappa shape index (κ1) is 12.9. The Kier molecular flexibility index (Phi) is 3.70. The van der Waals surface area contributed by atoms with Crippen LogP contribution < -0.4 is 5.32 Å². The predicted octanol–water partition coefficient (Wildman–Crippen LogP) is 2.09. The summed E-state index contributed by atoms with van der Waals surface area (Å²) in [4.78, 5) is 18.4. The minimum atomic E-state index is -0.984. The van der Waals surface area contributed by atoms with Crippen molar-refractivity contribution in [2.45, 2.75) is 6.92 Å². The lowest BCUT2D eigenvalue weighted by atomic mass is 10.1. The van der Waals surface area contributed by atoms with Crippen LogP contribution in [0.5, 0.6) is 0 Å². The first-order valence-electron chi connectivity index (χ1n) is 5.60. The topological polar surface area (TPSA) is 75.1 Å². The Labute approximate surface area is 109 Å². The summed E-state index contributed by atoms with van der Waals surface area (Å²) in [5.74, 6) is -1.00. The maximum Gasteiger partial charge on any atom is 0.322 e. The van der Waals surface area contributed by atoms with E-state index in [1.54, 1.807) is 31.5 Å². The monoisotopic (exact) mass is 261 g/mol. The van der Waals surface area contributed by atoms with Crippen molar-refractivity contribution < 1.29 is 14.3 Å². The van der Waals surface area contributed by atoms with Gasteiger partial charge in [0.2, 0.25) is 5.95 Å². The van der Waals surface area contributed by atoms with Gasteiger partial charge in [0.15, 0.2) is 0 Å². The lowest BCUT2D eigenvalue weighted by Gasteiger charge is -2.05. The molecule has 0 bridgehead atoms. The lowest BCUT2D eigenvalue weighted by Crippen LogP contribution is -2.14. The van der Waals surface area contributed by atoms with E-state index in [-0.39, 0.29) is 18.3 Å². The Morgan fingerprint density at radius 3 is 2.58 bits per heavy atom. The van der Waals surface area contributed by atoms with Crippen molar-refractivity contribution >= 4 is 11.9 Å². The van der Waals surface area contributed by atoms with Crippen LogP contribution in [0.25, 0.3) is 11.1 Å². The van der Waals surface area contributed by atoms with Gasteiger partial charge in [0.1, 0.15) is 12.4 Å². The smallest absolute Gasteiger partial charge is 0.322 e. The molecule has 0 spiro atoms. The molecular weight excluding hydrogens is 249 g/mol. The average molecular weight is 261 g/mol. The summed E-state index contributed by atoms with van der Waals surface area (Å²) in [5, 5.41) is 11.1. The van der Waals surface area contributed by atoms with Gasteiger partial charge in [-0.15, -0.1) is 0 Å². The molecule has 19 heavy (non-hydrogen) atoms. The van der Waals surface area contributed by atoms with E-state index in [2.05, 4.69) is 15.3 Å². The number of aliphatic carboxylic acids is 1. The molecule has 5 nitrogen and oxygen atoms in total. The van der Waals surface area contributed by atoms with Gasteiger partial charge in [-0.3, -0.25) is 4.79 Å². The van der Waals surface area contributed by atoms with Gasteiger partial charge in [-0.1, -0.05) is 6.07 Å². The molecule has 0 aliphatic heterocycles. The van der Waals surface area contributed by atoms with Crippen molar-refractivity contribution in [2.24, 2.45) is 0 Å². The highest BCUT2D eigenvalue weighted by Gasteiger charge is 2.04. The molecule has 0 aliphatic rings. The minimum Gasteiger partial charge on any atom is -0.480 e. The molecule has 0 unspecified atom stereocenters. The highest BCUT2D eigenvalue weighted by molar-refractivity contribution is 5.72. The number of carboxylic acids is 1. The first-order chi connectivity index (χ1) is 9.06. The number of hydrogen-bond acceptors (Lipinski definition) is 4. The van der Waals surface area contributed by atoms with Gasteiger partial charge in [-0.2, -0.15) is 0 Å². The summed E-state index contributed by atoms with van der Waals surface area (Å²) in [6.45, 7) is 1.44. The van der Waals surface area contributed by atoms with Gasteiger partial charge in [-0.25, -0.2) is 14.4 Å². The number of nitrogens with zero attached hydrogens (tertiary/aromatic N) is 2. The van der Waals surface area contributed by atoms with Crippen LogP contribution in [0.15, 0.2) is 30.6 Å². The first-order valence-corrected chi connectivity index (χ1v) is 5.60. The van der Waals surface area contributed by atoms with Gasteiger partial charge < -0.3 is 10.4 Å². The lowest BCUT2D eigenvalue weighted by molar-refractivity contribution is -0.134. The summed E-state index contributed by atoms with van der Waals surface area (Å²) in [7, 11) is 0. The zero-order valence-corrected chi connectivity index (χ0v) is 10.2. The number of carboxylic acid groups (broad SMARTS) is 1. The molecule has 0 amide bonds. The molecule has 2 aromatic rings. The van der Waals surface area contributed by atoms with Crippen molar-refractivity contribution in [3.63, 3.8) is 0 Å². The highest BCUT2D eigenvalue weighted by Crippen LogP contribution is 2.20. The molecule has 0 saturated carbocycles. The second kappa shape index (κ2) is 5.43. The zero-order chi connectivity index (χ0) is 13.8. The summed E-state index contributed by atoms with van der Waals surface area (Å²) in [6, 6.07) is 4.74. The van der Waals surface area contributed by atoms with Crippen LogP contribution in [-0.2, 0) is 4.79 Å². The van der Waals surface area contributed by atoms with Crippen LogP contribution in [0.4, 0.5) is 10.3 Å². The molecular formula is C13H12FN3O2. The molecule has 2 N–H and O–H groups in total. The van der Waals surface area contributed by atoms with E-state index in [9.17, 15) is 9.18 Å². The molecule has 2 rings (SSSR count). The third-order valence-electron chi connectivity index (χ3n) is 2.54. The standard InChI is InChI=1S/C13H12FN3O2/c1-8-4-9(2-3-11(8)14)10-5-15-13(16-6-10)17-7-12(18)19/h2-6H,7H2,1H3,(H,18,19)(H,15,16,17). The Bertz CT molecular complexity index is 599. The Hall–Kier alpha value is -2.50. The number of halogens is 1. The van der Waals surface area contributed by atoms with E-state index in [0.717, 1.165) is 11.1 Å². The molecule has 1 heterocycles. The molecule has 0 atom stereocenters. The van der Waals surface area contributed by atoms with Crippen molar-refractivity contribution in [1.82, 2.24) is 9.97 Å². The van der Waals surface area contributed by atoms with E-state index < -0.39 is 5.97 Å². The van der Waals surface area contributed by atoms with Crippen LogP contribution in [-0.4, -0.2) is 27.6 Å². The van der Waals surface area contributed by atoms with Gasteiger partial charge >= 0.3 is 5.97 Å². The normalized spacial score (nSPS) is 10.2. The largest absolute Gasteiger partial charge is 0.480 e. The van der Waals surface area contributed by atoms with Gasteiger partial charge in [0.25, 0.3) is 0 Å². The number of benzene rings is 1. The minimum absolute atomic E-state index is 0.241. The van der Waals surface area contributed by atoms with Gasteiger partial charge in [0, 0.05) is 18.0 Å². The summed E-state index contributed by atoms with van der Waals surface area (Å²) >= 11 is 0. The number of aromatic nitrogens is 2. The second-order valence-corrected chi connectivity index (χ2v) is 4.01. The fourth-order valence-electron chi connectivity index (χ4n) is 1.55. The van der Waals surface area contributed by atoms with Crippen LogP contribution in [0, 0.1) is 12.7 Å². The number of hydrogen-bond donors (Lipinski definition) is 2. The Morgan fingerprint density at radius 1 is 1.32 bits per heavy atom. The van der Waals surface area contributed by atoms with Crippen molar-refractivity contribution in [3.8, 4) is 11.1 Å². The van der Waals surface area contributed by atoms with Crippen LogP contribution >= 0.6 is 0 Å². The molecule has 6 heteroatoms. The quantitative estimate of drug-likeness (QED) is 0.881. The third kappa shape index (κ3) is 3.25. The maximum absolute atomic E-state index is 13.2. The van der Waals surface area contributed by atoms with Crippen LogP contribution in [0.1, 0.15) is 5.56 Å². The second-order valence-electron chi connectivity index (χ2n) is 4.01. The fraction of sp³-hybridized carbons (Fsp3) is 0.154. The number of anilines is 1. The Morgan fingerprint density at radius 2 is 2.00 bits per heavy atom. The van der Waals surface area contributed by atoms with Gasteiger partial charge in [0.05, 0.1) is 0 Å². The molecule has 0 saturated heterocycles. The van der Waals surface area contributed by atoms with E-state index in [1.165, 1.54) is 6.07 Å². The third-order valence-corrected chi connectivity index (χ3v) is 2.54. The van der Waals surface area contributed by atoms with E-state index in [0.29, 0.717) is 5.56 Å². The number of carbonyl (C=O) groups is 1. The Balaban J connectivity index is 2.17. The van der Waals surface area contributed by atoms with Crippen LogP contribution in [0.2, 0.25) is 0 Å². The number of aryl methyl sites for hydroxylation is 1. The summed E-state index contributed by atoms with van der Waals surface area (Å²) in [6.07, 6.45) is 3.12. The molecule has 0 radical (unpaired) electrons. The average Bonchev–Trinajstić information content (AvgIpc) is 2.40. The molecule has 98 valence electrons. The maximum atomic E-state index is 13.2. The van der Waals surface area contributed by atoms with E-state index in [4.69, 9.17) is 5.11 Å². The number of rotatable bonds is 4. The van der Waals surface area contributed by atoms with Crippen LogP contribution in [0.3, 0.4) is 0 Å². The van der Waals surface area contributed by atoms with E-state index >= 15 is 0 Å². The van der Waals surface area contributed by atoms with Crippen molar-refractivity contribution in [3.05, 3.63) is 42.0 Å². The molecule has 0 fully saturated rings. The summed E-state index contributed by atoms with van der Waals surface area (Å²) in [5.41, 5.74) is 2.10. The fourth-order valence-corrected chi connectivity index (χ4v) is 1.55. The summed E-state index contributed by atoms with van der Waals surface area (Å²) < 4.78 is 13.2. The predicted molar refractivity (Wildman–Crippen MR) is 68.3 cm³/mol. The molecule has 0 aliphatic carbocycles. The highest BCUT2D eigenvalue weighted by atomic mass is 19.1. The van der Waals surface area contributed by atoms with Gasteiger partial charge in [-0.05, 0) is 30.2 Å². The van der Waals surface area contributed by atoms with Crippen molar-refractivity contribution in [1.29, 1.82) is 0 Å². The number of nitrogens with one attached hydrogen (secondary N) is 1. The van der Waals surface area contributed by atoms with E-state index in [1.807, 2.05) is 0 Å².